The van der Waals surface area contributed by atoms with Crippen molar-refractivity contribution in [1.29, 1.82) is 0 Å². The van der Waals surface area contributed by atoms with Crippen LogP contribution in [-0.4, -0.2) is 11.7 Å². The molecule has 13 heavy (non-hydrogen) atoms. The van der Waals surface area contributed by atoms with Crippen LogP contribution in [0.2, 0.25) is 0 Å². The maximum Gasteiger partial charge on any atom is 0.119 e. The van der Waals surface area contributed by atoms with E-state index >= 15 is 0 Å². The zero-order valence-electron chi connectivity index (χ0n) is 8.30. The summed E-state index contributed by atoms with van der Waals surface area (Å²) >= 11 is 0. The minimum atomic E-state index is 0.400. The van der Waals surface area contributed by atoms with Gasteiger partial charge in [0.2, 0.25) is 0 Å². The average Bonchev–Trinajstić information content (AvgIpc) is 2.12. The largest absolute Gasteiger partial charge is 0.508 e. The Balaban J connectivity index is 2.96. The summed E-state index contributed by atoms with van der Waals surface area (Å²) in [6.07, 6.45) is 1.80. The van der Waals surface area contributed by atoms with Crippen LogP contribution < -0.4 is 5.73 Å². The van der Waals surface area contributed by atoms with Crippen molar-refractivity contribution in [3.05, 3.63) is 28.8 Å². The summed E-state index contributed by atoms with van der Waals surface area (Å²) in [4.78, 5) is 0. The van der Waals surface area contributed by atoms with E-state index in [1.165, 1.54) is 11.1 Å². The molecule has 3 N–H and O–H groups in total. The Morgan fingerprint density at radius 3 is 2.62 bits per heavy atom. The fraction of sp³-hybridized carbons (Fsp3) is 0.455. The first-order valence-corrected chi connectivity index (χ1v) is 4.65. The van der Waals surface area contributed by atoms with Gasteiger partial charge in [0, 0.05) is 0 Å². The Labute approximate surface area is 79.4 Å². The molecule has 0 fully saturated rings. The molecule has 0 atom stereocenters. The van der Waals surface area contributed by atoms with Crippen LogP contribution in [0.25, 0.3) is 0 Å². The molecular weight excluding hydrogens is 162 g/mol. The Morgan fingerprint density at radius 1 is 1.31 bits per heavy atom. The zero-order chi connectivity index (χ0) is 9.84. The Kier molecular flexibility index (Phi) is 3.32. The second-order valence-electron chi connectivity index (χ2n) is 3.40. The number of benzene rings is 1. The van der Waals surface area contributed by atoms with Gasteiger partial charge in [-0.1, -0.05) is 6.07 Å². The normalized spacial score (nSPS) is 10.4. The number of hydrogen-bond donors (Lipinski definition) is 2. The van der Waals surface area contributed by atoms with Crippen LogP contribution in [-0.2, 0) is 6.42 Å². The summed E-state index contributed by atoms with van der Waals surface area (Å²) in [5.41, 5.74) is 8.89. The molecule has 0 aliphatic rings. The van der Waals surface area contributed by atoms with Crippen molar-refractivity contribution in [2.24, 2.45) is 5.73 Å². The molecule has 2 nitrogen and oxygen atoms in total. The molecule has 0 aliphatic carbocycles. The quantitative estimate of drug-likeness (QED) is 0.744. The molecule has 2 heteroatoms. The monoisotopic (exact) mass is 179 g/mol. The summed E-state index contributed by atoms with van der Waals surface area (Å²) in [7, 11) is 0. The summed E-state index contributed by atoms with van der Waals surface area (Å²) in [5.74, 6) is 0.400. The second kappa shape index (κ2) is 4.28. The van der Waals surface area contributed by atoms with Gasteiger partial charge in [-0.3, -0.25) is 0 Å². The van der Waals surface area contributed by atoms with Crippen molar-refractivity contribution in [2.45, 2.75) is 26.7 Å². The highest BCUT2D eigenvalue weighted by Crippen LogP contribution is 2.24. The Hall–Kier alpha value is -1.02. The molecular formula is C11H17NO. The van der Waals surface area contributed by atoms with E-state index in [4.69, 9.17) is 5.73 Å². The fourth-order valence-electron chi connectivity index (χ4n) is 1.45. The van der Waals surface area contributed by atoms with Gasteiger partial charge < -0.3 is 10.8 Å². The predicted octanol–water partition coefficient (Wildman–Crippen LogP) is 1.90. The molecule has 0 unspecified atom stereocenters. The lowest BCUT2D eigenvalue weighted by molar-refractivity contribution is 0.466. The highest BCUT2D eigenvalue weighted by molar-refractivity contribution is 5.43. The van der Waals surface area contributed by atoms with E-state index < -0.39 is 0 Å². The third kappa shape index (κ3) is 2.22. The fourth-order valence-corrected chi connectivity index (χ4v) is 1.45. The van der Waals surface area contributed by atoms with Crippen molar-refractivity contribution in [2.75, 3.05) is 6.54 Å². The second-order valence-corrected chi connectivity index (χ2v) is 3.40. The van der Waals surface area contributed by atoms with Crippen molar-refractivity contribution in [1.82, 2.24) is 0 Å². The third-order valence-electron chi connectivity index (χ3n) is 2.48. The molecule has 0 bridgehead atoms. The van der Waals surface area contributed by atoms with Crippen LogP contribution in [0.5, 0.6) is 5.75 Å². The van der Waals surface area contributed by atoms with Crippen molar-refractivity contribution in [3.8, 4) is 5.75 Å². The van der Waals surface area contributed by atoms with Crippen molar-refractivity contribution >= 4 is 0 Å². The first-order chi connectivity index (χ1) is 6.16. The number of rotatable bonds is 3. The van der Waals surface area contributed by atoms with Crippen molar-refractivity contribution in [3.63, 3.8) is 0 Å². The number of aromatic hydroxyl groups is 1. The lowest BCUT2D eigenvalue weighted by Crippen LogP contribution is -2.02. The zero-order valence-corrected chi connectivity index (χ0v) is 8.30. The molecule has 0 spiro atoms. The minimum Gasteiger partial charge on any atom is -0.508 e. The number of aryl methyl sites for hydroxylation is 1. The third-order valence-corrected chi connectivity index (χ3v) is 2.48. The van der Waals surface area contributed by atoms with Crippen LogP contribution in [0.4, 0.5) is 0 Å². The topological polar surface area (TPSA) is 46.2 Å². The lowest BCUT2D eigenvalue weighted by Gasteiger charge is -2.10. The van der Waals surface area contributed by atoms with Crippen LogP contribution in [0, 0.1) is 13.8 Å². The molecule has 0 amide bonds. The number of nitrogens with two attached hydrogens (primary N) is 1. The molecule has 1 rings (SSSR count). The summed E-state index contributed by atoms with van der Waals surface area (Å²) in [6.45, 7) is 4.77. The Bertz CT molecular complexity index is 294. The standard InChI is InChI=1S/C11H17NO/c1-8-5-6-11(13)10(9(8)2)4-3-7-12/h5-6,13H,3-4,7,12H2,1-2H3. The van der Waals surface area contributed by atoms with Gasteiger partial charge in [-0.25, -0.2) is 0 Å². The first-order valence-electron chi connectivity index (χ1n) is 4.65. The maximum atomic E-state index is 9.60. The first kappa shape index (κ1) is 10.1. The van der Waals surface area contributed by atoms with Crippen LogP contribution in [0.1, 0.15) is 23.1 Å². The minimum absolute atomic E-state index is 0.400. The van der Waals surface area contributed by atoms with E-state index in [1.54, 1.807) is 6.07 Å². The smallest absolute Gasteiger partial charge is 0.119 e. The summed E-state index contributed by atoms with van der Waals surface area (Å²) < 4.78 is 0. The molecule has 0 aromatic heterocycles. The molecule has 72 valence electrons. The summed E-state index contributed by atoms with van der Waals surface area (Å²) in [5, 5.41) is 9.60. The number of phenolic OH excluding ortho intramolecular Hbond substituents is 1. The van der Waals surface area contributed by atoms with Gasteiger partial charge in [0.25, 0.3) is 0 Å². The maximum absolute atomic E-state index is 9.60. The van der Waals surface area contributed by atoms with Gasteiger partial charge >= 0.3 is 0 Å². The van der Waals surface area contributed by atoms with E-state index in [-0.39, 0.29) is 0 Å². The van der Waals surface area contributed by atoms with Gasteiger partial charge in [-0.05, 0) is 56.0 Å². The van der Waals surface area contributed by atoms with Gasteiger partial charge in [-0.15, -0.1) is 0 Å². The van der Waals surface area contributed by atoms with Gasteiger partial charge in [0.15, 0.2) is 0 Å². The van der Waals surface area contributed by atoms with E-state index in [9.17, 15) is 5.11 Å². The van der Waals surface area contributed by atoms with Crippen LogP contribution in [0.15, 0.2) is 12.1 Å². The van der Waals surface area contributed by atoms with E-state index in [0.29, 0.717) is 12.3 Å². The van der Waals surface area contributed by atoms with Crippen LogP contribution >= 0.6 is 0 Å². The van der Waals surface area contributed by atoms with Crippen LogP contribution in [0.3, 0.4) is 0 Å². The SMILES string of the molecule is Cc1ccc(O)c(CCCN)c1C. The van der Waals surface area contributed by atoms with Gasteiger partial charge in [0.05, 0.1) is 0 Å². The molecule has 0 saturated carbocycles. The molecule has 0 saturated heterocycles. The van der Waals surface area contributed by atoms with Gasteiger partial charge in [0.1, 0.15) is 5.75 Å². The van der Waals surface area contributed by atoms with E-state index in [1.807, 2.05) is 13.0 Å². The highest BCUT2D eigenvalue weighted by Gasteiger charge is 2.05. The van der Waals surface area contributed by atoms with E-state index in [0.717, 1.165) is 18.4 Å². The number of hydrogen-bond acceptors (Lipinski definition) is 2. The highest BCUT2D eigenvalue weighted by atomic mass is 16.3. The molecule has 0 heterocycles. The van der Waals surface area contributed by atoms with E-state index in [2.05, 4.69) is 6.92 Å². The predicted molar refractivity (Wildman–Crippen MR) is 55.0 cm³/mol. The molecule has 0 aliphatic heterocycles. The molecule has 1 aromatic carbocycles. The average molecular weight is 179 g/mol. The molecule has 0 radical (unpaired) electrons. The Morgan fingerprint density at radius 2 is 2.00 bits per heavy atom. The molecule has 1 aromatic rings. The number of phenols is 1. The van der Waals surface area contributed by atoms with Gasteiger partial charge in [-0.2, -0.15) is 0 Å². The summed E-state index contributed by atoms with van der Waals surface area (Å²) in [6, 6.07) is 3.70. The van der Waals surface area contributed by atoms with Crippen molar-refractivity contribution < 1.29 is 5.11 Å². The lowest BCUT2D eigenvalue weighted by atomic mass is 9.98.